The lowest BCUT2D eigenvalue weighted by Gasteiger charge is -2.07. The number of fused-ring (bicyclic) bond motifs is 1. The number of ether oxygens (including phenoxy) is 1. The van der Waals surface area contributed by atoms with Crippen molar-refractivity contribution in [3.8, 4) is 5.75 Å². The third-order valence-corrected chi connectivity index (χ3v) is 4.14. The molecule has 0 aliphatic carbocycles. The molecule has 1 aromatic carbocycles. The summed E-state index contributed by atoms with van der Waals surface area (Å²) in [5, 5.41) is 12.7. The molecule has 0 atom stereocenters. The maximum absolute atomic E-state index is 12.5. The number of carbonyl (C=O) groups excluding carboxylic acids is 1. The molecular weight excluding hydrogens is 338 g/mol. The van der Waals surface area contributed by atoms with Crippen molar-refractivity contribution in [3.63, 3.8) is 0 Å². The second kappa shape index (κ2) is 6.70. The largest absolute Gasteiger partial charge is 0.487 e. The smallest absolute Gasteiger partial charge is 0.258 e. The molecule has 4 aromatic rings. The lowest BCUT2D eigenvalue weighted by atomic mass is 10.2. The van der Waals surface area contributed by atoms with Crippen molar-refractivity contribution in [2.75, 3.05) is 5.32 Å². The van der Waals surface area contributed by atoms with Crippen LogP contribution in [0.15, 0.2) is 59.6 Å². The minimum atomic E-state index is -0.280. The van der Waals surface area contributed by atoms with E-state index in [4.69, 9.17) is 4.74 Å². The van der Waals surface area contributed by atoms with E-state index in [0.29, 0.717) is 29.5 Å². The topological polar surface area (TPSA) is 81.4 Å². The Morgan fingerprint density at radius 3 is 3.04 bits per heavy atom. The number of benzene rings is 1. The number of nitrogens with zero attached hydrogens (tertiary/aromatic N) is 4. The van der Waals surface area contributed by atoms with Crippen LogP contribution in [0.3, 0.4) is 0 Å². The van der Waals surface area contributed by atoms with Gasteiger partial charge in [0.05, 0.1) is 11.2 Å². The van der Waals surface area contributed by atoms with Gasteiger partial charge in [0, 0.05) is 17.1 Å². The number of thiazole rings is 1. The van der Waals surface area contributed by atoms with Crippen molar-refractivity contribution < 1.29 is 9.53 Å². The SMILES string of the molecule is O=C(Nc1nnc2ccccn12)c1cccc(OCc2cscn2)c1. The highest BCUT2D eigenvalue weighted by Crippen LogP contribution is 2.17. The standard InChI is InChI=1S/C17H13N5O2S/c23-16(19-17-21-20-15-6-1-2-7-22(15)17)12-4-3-5-14(8-12)24-9-13-10-25-11-18-13/h1-8,10-11H,9H2,(H,19,21,23). The molecule has 25 heavy (non-hydrogen) atoms. The van der Waals surface area contributed by atoms with Crippen LogP contribution in [0, 0.1) is 0 Å². The fraction of sp³-hybridized carbons (Fsp3) is 0.0588. The van der Waals surface area contributed by atoms with Gasteiger partial charge in [0.1, 0.15) is 12.4 Å². The van der Waals surface area contributed by atoms with Gasteiger partial charge in [-0.15, -0.1) is 21.5 Å². The Kier molecular flexibility index (Phi) is 4.09. The summed E-state index contributed by atoms with van der Waals surface area (Å²) in [5.74, 6) is 0.693. The third kappa shape index (κ3) is 3.33. The molecule has 0 fully saturated rings. The van der Waals surface area contributed by atoms with Gasteiger partial charge in [-0.2, -0.15) is 0 Å². The third-order valence-electron chi connectivity index (χ3n) is 3.51. The van der Waals surface area contributed by atoms with Crippen molar-refractivity contribution in [1.29, 1.82) is 0 Å². The maximum atomic E-state index is 12.5. The van der Waals surface area contributed by atoms with E-state index in [1.54, 1.807) is 40.4 Å². The monoisotopic (exact) mass is 351 g/mol. The Labute approximate surface area is 146 Å². The molecule has 0 radical (unpaired) electrons. The molecule has 0 spiro atoms. The van der Waals surface area contributed by atoms with Crippen LogP contribution in [0.5, 0.6) is 5.75 Å². The first-order valence-corrected chi connectivity index (χ1v) is 8.45. The van der Waals surface area contributed by atoms with Gasteiger partial charge in [-0.1, -0.05) is 12.1 Å². The van der Waals surface area contributed by atoms with E-state index in [-0.39, 0.29) is 5.91 Å². The van der Waals surface area contributed by atoms with Crippen LogP contribution in [0.2, 0.25) is 0 Å². The summed E-state index contributed by atoms with van der Waals surface area (Å²) in [4.78, 5) is 16.6. The number of anilines is 1. The second-order valence-electron chi connectivity index (χ2n) is 5.20. The summed E-state index contributed by atoms with van der Waals surface area (Å²) in [7, 11) is 0. The average Bonchev–Trinajstić information content (AvgIpc) is 3.31. The van der Waals surface area contributed by atoms with Gasteiger partial charge in [0.15, 0.2) is 5.65 Å². The van der Waals surface area contributed by atoms with Gasteiger partial charge in [-0.3, -0.25) is 14.5 Å². The van der Waals surface area contributed by atoms with Crippen LogP contribution in [-0.2, 0) is 6.61 Å². The molecule has 7 nitrogen and oxygen atoms in total. The minimum absolute atomic E-state index is 0.280. The van der Waals surface area contributed by atoms with Crippen molar-refractivity contribution in [1.82, 2.24) is 19.6 Å². The van der Waals surface area contributed by atoms with Crippen molar-refractivity contribution in [2.24, 2.45) is 0 Å². The summed E-state index contributed by atoms with van der Waals surface area (Å²) in [6.45, 7) is 0.364. The molecule has 124 valence electrons. The Bertz CT molecular complexity index is 1010. The van der Waals surface area contributed by atoms with Crippen LogP contribution < -0.4 is 10.1 Å². The summed E-state index contributed by atoms with van der Waals surface area (Å²) >= 11 is 1.52. The Morgan fingerprint density at radius 2 is 2.16 bits per heavy atom. The van der Waals surface area contributed by atoms with E-state index >= 15 is 0 Å². The van der Waals surface area contributed by atoms with Crippen molar-refractivity contribution in [2.45, 2.75) is 6.61 Å². The van der Waals surface area contributed by atoms with Crippen LogP contribution in [0.1, 0.15) is 16.1 Å². The quantitative estimate of drug-likeness (QED) is 0.598. The summed E-state index contributed by atoms with van der Waals surface area (Å²) < 4.78 is 7.39. The molecular formula is C17H13N5O2S. The molecule has 0 unspecified atom stereocenters. The number of aromatic nitrogens is 4. The molecule has 4 rings (SSSR count). The minimum Gasteiger partial charge on any atom is -0.487 e. The normalized spacial score (nSPS) is 10.7. The van der Waals surface area contributed by atoms with Crippen LogP contribution in [0.4, 0.5) is 5.95 Å². The average molecular weight is 351 g/mol. The van der Waals surface area contributed by atoms with Gasteiger partial charge >= 0.3 is 0 Å². The predicted octanol–water partition coefficient (Wildman–Crippen LogP) is 3.02. The zero-order valence-corrected chi connectivity index (χ0v) is 13.8. The number of rotatable bonds is 5. The zero-order valence-electron chi connectivity index (χ0n) is 13.0. The molecule has 8 heteroatoms. The van der Waals surface area contributed by atoms with Gasteiger partial charge in [0.25, 0.3) is 5.91 Å². The van der Waals surface area contributed by atoms with Gasteiger partial charge < -0.3 is 4.74 Å². The number of hydrogen-bond donors (Lipinski definition) is 1. The molecule has 0 saturated carbocycles. The van der Waals surface area contributed by atoms with E-state index in [0.717, 1.165) is 5.69 Å². The summed E-state index contributed by atoms with van der Waals surface area (Å²) in [6, 6.07) is 12.5. The molecule has 0 bridgehead atoms. The van der Waals surface area contributed by atoms with Gasteiger partial charge in [-0.05, 0) is 30.3 Å². The van der Waals surface area contributed by atoms with E-state index in [1.165, 1.54) is 11.3 Å². The van der Waals surface area contributed by atoms with Crippen molar-refractivity contribution in [3.05, 3.63) is 70.8 Å². The molecule has 0 aliphatic rings. The maximum Gasteiger partial charge on any atom is 0.258 e. The summed E-state index contributed by atoms with van der Waals surface area (Å²) in [5.41, 5.74) is 3.75. The number of hydrogen-bond acceptors (Lipinski definition) is 6. The summed E-state index contributed by atoms with van der Waals surface area (Å²) in [6.07, 6.45) is 1.79. The second-order valence-corrected chi connectivity index (χ2v) is 5.92. The van der Waals surface area contributed by atoms with Crippen LogP contribution >= 0.6 is 11.3 Å². The lowest BCUT2D eigenvalue weighted by molar-refractivity contribution is 0.102. The fourth-order valence-electron chi connectivity index (χ4n) is 2.29. The van der Waals surface area contributed by atoms with Crippen LogP contribution in [-0.4, -0.2) is 25.5 Å². The Balaban J connectivity index is 1.49. The lowest BCUT2D eigenvalue weighted by Crippen LogP contribution is -2.14. The molecule has 3 heterocycles. The van der Waals surface area contributed by atoms with Gasteiger partial charge in [-0.25, -0.2) is 4.98 Å². The zero-order chi connectivity index (χ0) is 17.1. The molecule has 0 saturated heterocycles. The molecule has 0 aliphatic heterocycles. The molecule has 1 N–H and O–H groups in total. The van der Waals surface area contributed by atoms with Gasteiger partial charge in [0.2, 0.25) is 5.95 Å². The number of nitrogens with one attached hydrogen (secondary N) is 1. The highest BCUT2D eigenvalue weighted by molar-refractivity contribution is 7.07. The number of carbonyl (C=O) groups is 1. The first kappa shape index (κ1) is 15.3. The van der Waals surface area contributed by atoms with E-state index in [2.05, 4.69) is 20.5 Å². The first-order chi connectivity index (χ1) is 12.3. The fourth-order valence-corrected chi connectivity index (χ4v) is 2.84. The highest BCUT2D eigenvalue weighted by atomic mass is 32.1. The molecule has 1 amide bonds. The van der Waals surface area contributed by atoms with Crippen LogP contribution in [0.25, 0.3) is 5.65 Å². The number of amides is 1. The van der Waals surface area contributed by atoms with E-state index < -0.39 is 0 Å². The highest BCUT2D eigenvalue weighted by Gasteiger charge is 2.11. The predicted molar refractivity (Wildman–Crippen MR) is 93.8 cm³/mol. The Morgan fingerprint density at radius 1 is 1.20 bits per heavy atom. The first-order valence-electron chi connectivity index (χ1n) is 7.51. The number of pyridine rings is 1. The molecule has 3 aromatic heterocycles. The van der Waals surface area contributed by atoms with E-state index in [1.807, 2.05) is 23.6 Å². The van der Waals surface area contributed by atoms with E-state index in [9.17, 15) is 4.79 Å². The van der Waals surface area contributed by atoms with Crippen molar-refractivity contribution >= 4 is 28.8 Å². The Hall–Kier alpha value is -3.26.